The average molecular weight is 420 g/mol. The van der Waals surface area contributed by atoms with Crippen LogP contribution in [0.5, 0.6) is 5.88 Å². The number of aliphatic imine (C=N–C) groups is 1. The summed E-state index contributed by atoms with van der Waals surface area (Å²) in [5.74, 6) is -0.0680. The van der Waals surface area contributed by atoms with Crippen LogP contribution in [0.15, 0.2) is 58.3 Å². The van der Waals surface area contributed by atoms with Gasteiger partial charge in [-0.2, -0.15) is 0 Å². The highest BCUT2D eigenvalue weighted by molar-refractivity contribution is 6.01. The van der Waals surface area contributed by atoms with Crippen molar-refractivity contribution >= 4 is 17.0 Å². The van der Waals surface area contributed by atoms with Crippen molar-refractivity contribution < 1.29 is 9.84 Å². The predicted octanol–water partition coefficient (Wildman–Crippen LogP) is 3.40. The monoisotopic (exact) mass is 419 g/mol. The van der Waals surface area contributed by atoms with Gasteiger partial charge in [0.15, 0.2) is 0 Å². The number of morpholine rings is 1. The number of aromatic nitrogens is 1. The van der Waals surface area contributed by atoms with Gasteiger partial charge in [-0.25, -0.2) is 4.57 Å². The Balaban J connectivity index is 1.67. The van der Waals surface area contributed by atoms with Gasteiger partial charge in [-0.3, -0.25) is 14.7 Å². The van der Waals surface area contributed by atoms with Crippen LogP contribution in [0.25, 0.3) is 16.5 Å². The number of aromatic hydroxyl groups is 1. The molecule has 1 fully saturated rings. The van der Waals surface area contributed by atoms with E-state index in [1.807, 2.05) is 49.4 Å². The van der Waals surface area contributed by atoms with Gasteiger partial charge in [-0.05, 0) is 30.5 Å². The molecule has 6 nitrogen and oxygen atoms in total. The average Bonchev–Trinajstić information content (AvgIpc) is 2.82. The Hall–Kier alpha value is -2.96. The molecule has 1 saturated heterocycles. The normalized spacial score (nSPS) is 15.1. The van der Waals surface area contributed by atoms with Crippen molar-refractivity contribution in [3.05, 3.63) is 70.0 Å². The van der Waals surface area contributed by atoms with Crippen LogP contribution < -0.4 is 5.56 Å². The molecule has 1 N–H and O–H groups in total. The smallest absolute Gasteiger partial charge is 0.265 e. The lowest BCUT2D eigenvalue weighted by Crippen LogP contribution is -2.37. The van der Waals surface area contributed by atoms with Gasteiger partial charge in [-0.1, -0.05) is 43.3 Å². The van der Waals surface area contributed by atoms with Crippen molar-refractivity contribution in [3.63, 3.8) is 0 Å². The molecule has 1 aliphatic rings. The lowest BCUT2D eigenvalue weighted by Gasteiger charge is -2.26. The third-order valence-corrected chi connectivity index (χ3v) is 5.80. The number of hydrogen-bond acceptors (Lipinski definition) is 5. The molecule has 0 aliphatic carbocycles. The Morgan fingerprint density at radius 1 is 1.06 bits per heavy atom. The third kappa shape index (κ3) is 4.55. The van der Waals surface area contributed by atoms with Gasteiger partial charge in [-0.15, -0.1) is 0 Å². The molecular formula is C25H29N3O3. The first kappa shape index (κ1) is 21.3. The van der Waals surface area contributed by atoms with Gasteiger partial charge >= 0.3 is 0 Å². The van der Waals surface area contributed by atoms with Crippen molar-refractivity contribution in [3.8, 4) is 11.6 Å². The third-order valence-electron chi connectivity index (χ3n) is 5.80. The van der Waals surface area contributed by atoms with E-state index in [4.69, 9.17) is 4.74 Å². The number of pyridine rings is 1. The van der Waals surface area contributed by atoms with Crippen LogP contribution in [0.3, 0.4) is 0 Å². The maximum atomic E-state index is 13.3. The van der Waals surface area contributed by atoms with E-state index in [1.54, 1.807) is 12.3 Å². The first-order valence-electron chi connectivity index (χ1n) is 11.0. The summed E-state index contributed by atoms with van der Waals surface area (Å²) >= 11 is 0. The zero-order valence-electron chi connectivity index (χ0n) is 18.0. The van der Waals surface area contributed by atoms with Gasteiger partial charge < -0.3 is 9.84 Å². The van der Waals surface area contributed by atoms with Crippen molar-refractivity contribution in [2.24, 2.45) is 4.99 Å². The Morgan fingerprint density at radius 2 is 1.77 bits per heavy atom. The summed E-state index contributed by atoms with van der Waals surface area (Å²) < 4.78 is 6.80. The van der Waals surface area contributed by atoms with E-state index in [0.717, 1.165) is 51.3 Å². The van der Waals surface area contributed by atoms with Gasteiger partial charge in [0, 0.05) is 43.2 Å². The molecular weight excluding hydrogens is 390 g/mol. The van der Waals surface area contributed by atoms with Crippen LogP contribution in [-0.4, -0.2) is 60.2 Å². The van der Waals surface area contributed by atoms with Crippen LogP contribution in [0.1, 0.15) is 24.5 Å². The zero-order chi connectivity index (χ0) is 21.6. The summed E-state index contributed by atoms with van der Waals surface area (Å²) in [5, 5.41) is 12.4. The van der Waals surface area contributed by atoms with Crippen LogP contribution in [0, 0.1) is 0 Å². The summed E-state index contributed by atoms with van der Waals surface area (Å²) in [6, 6.07) is 15.1. The number of aryl methyl sites for hydroxylation is 1. The fourth-order valence-corrected chi connectivity index (χ4v) is 4.11. The molecule has 2 aromatic carbocycles. The van der Waals surface area contributed by atoms with Crippen LogP contribution in [0.2, 0.25) is 0 Å². The highest BCUT2D eigenvalue weighted by atomic mass is 16.5. The molecule has 0 bridgehead atoms. The van der Waals surface area contributed by atoms with E-state index in [-0.39, 0.29) is 11.4 Å². The van der Waals surface area contributed by atoms with Crippen molar-refractivity contribution in [1.29, 1.82) is 0 Å². The summed E-state index contributed by atoms with van der Waals surface area (Å²) in [5.41, 5.74) is 2.06. The molecule has 0 spiro atoms. The summed E-state index contributed by atoms with van der Waals surface area (Å²) in [6.07, 6.45) is 3.41. The van der Waals surface area contributed by atoms with E-state index in [0.29, 0.717) is 28.6 Å². The highest BCUT2D eigenvalue weighted by Crippen LogP contribution is 2.27. The van der Waals surface area contributed by atoms with Crippen LogP contribution in [-0.2, 0) is 11.2 Å². The number of ether oxygens (including phenoxy) is 1. The molecule has 31 heavy (non-hydrogen) atoms. The number of para-hydroxylation sites is 1. The lowest BCUT2D eigenvalue weighted by atomic mass is 10.1. The fourth-order valence-electron chi connectivity index (χ4n) is 4.11. The molecule has 4 rings (SSSR count). The minimum Gasteiger partial charge on any atom is -0.494 e. The van der Waals surface area contributed by atoms with E-state index < -0.39 is 0 Å². The van der Waals surface area contributed by atoms with Crippen molar-refractivity contribution in [1.82, 2.24) is 9.47 Å². The van der Waals surface area contributed by atoms with Crippen molar-refractivity contribution in [2.45, 2.75) is 19.8 Å². The molecule has 0 saturated carbocycles. The molecule has 0 atom stereocenters. The second-order valence-corrected chi connectivity index (χ2v) is 7.75. The van der Waals surface area contributed by atoms with Gasteiger partial charge in [0.05, 0.1) is 24.5 Å². The Bertz CT molecular complexity index is 1130. The molecule has 1 aliphatic heterocycles. The SMILES string of the molecule is CCc1ccccc1-n1c(O)c(C=NCCCN2CCOCC2)c2ccccc2c1=O. The van der Waals surface area contributed by atoms with Crippen LogP contribution >= 0.6 is 0 Å². The van der Waals surface area contributed by atoms with E-state index in [1.165, 1.54) is 4.57 Å². The van der Waals surface area contributed by atoms with Gasteiger partial charge in [0.25, 0.3) is 5.56 Å². The molecule has 2 heterocycles. The highest BCUT2D eigenvalue weighted by Gasteiger charge is 2.17. The second-order valence-electron chi connectivity index (χ2n) is 7.75. The predicted molar refractivity (Wildman–Crippen MR) is 125 cm³/mol. The quantitative estimate of drug-likeness (QED) is 0.471. The van der Waals surface area contributed by atoms with E-state index in [2.05, 4.69) is 9.89 Å². The van der Waals surface area contributed by atoms with Crippen LogP contribution in [0.4, 0.5) is 0 Å². The maximum absolute atomic E-state index is 13.3. The largest absolute Gasteiger partial charge is 0.494 e. The molecule has 162 valence electrons. The minimum atomic E-state index is -0.224. The molecule has 0 amide bonds. The number of benzene rings is 2. The van der Waals surface area contributed by atoms with E-state index >= 15 is 0 Å². The Labute approximate surface area is 182 Å². The summed E-state index contributed by atoms with van der Waals surface area (Å²) in [6.45, 7) is 7.22. The van der Waals surface area contributed by atoms with Crippen molar-refractivity contribution in [2.75, 3.05) is 39.4 Å². The Kier molecular flexibility index (Phi) is 6.79. The first-order valence-corrected chi connectivity index (χ1v) is 11.0. The molecule has 6 heteroatoms. The topological polar surface area (TPSA) is 67.1 Å². The summed E-state index contributed by atoms with van der Waals surface area (Å²) in [4.78, 5) is 20.2. The first-order chi connectivity index (χ1) is 15.2. The number of hydrogen-bond donors (Lipinski definition) is 1. The van der Waals surface area contributed by atoms with Gasteiger partial charge in [0.2, 0.25) is 5.88 Å². The molecule has 1 aromatic heterocycles. The molecule has 0 radical (unpaired) electrons. The standard InChI is InChI=1S/C25H29N3O3/c1-2-19-8-3-6-11-23(19)28-24(29)21-10-5-4-9-20(21)22(25(28)30)18-26-12-7-13-27-14-16-31-17-15-27/h3-6,8-11,18,30H,2,7,12-17H2,1H3. The van der Waals surface area contributed by atoms with Gasteiger partial charge in [0.1, 0.15) is 0 Å². The molecule has 0 unspecified atom stereocenters. The Morgan fingerprint density at radius 3 is 2.55 bits per heavy atom. The number of fused-ring (bicyclic) bond motifs is 1. The van der Waals surface area contributed by atoms with E-state index in [9.17, 15) is 9.90 Å². The molecule has 3 aromatic rings. The second kappa shape index (κ2) is 9.90. The summed E-state index contributed by atoms with van der Waals surface area (Å²) in [7, 11) is 0. The maximum Gasteiger partial charge on any atom is 0.265 e. The number of nitrogens with zero attached hydrogens (tertiary/aromatic N) is 3. The minimum absolute atomic E-state index is 0.0680. The fraction of sp³-hybridized carbons (Fsp3) is 0.360. The lowest BCUT2D eigenvalue weighted by molar-refractivity contribution is 0.0377. The number of rotatable bonds is 7. The zero-order valence-corrected chi connectivity index (χ0v) is 18.0.